The van der Waals surface area contributed by atoms with Crippen LogP contribution in [0.25, 0.3) is 0 Å². The second kappa shape index (κ2) is 7.95. The van der Waals surface area contributed by atoms with Crippen molar-refractivity contribution in [1.82, 2.24) is 14.5 Å². The lowest BCUT2D eigenvalue weighted by Crippen LogP contribution is -2.48. The van der Waals surface area contributed by atoms with E-state index in [2.05, 4.69) is 30.1 Å². The molecule has 6 heteroatoms. The first kappa shape index (κ1) is 19.0. The Balaban J connectivity index is 1.46. The summed E-state index contributed by atoms with van der Waals surface area (Å²) in [6, 6.07) is 6.42. The fraction of sp³-hybridized carbons (Fsp3) is 0.545. The first-order valence-corrected chi connectivity index (χ1v) is 10.3. The number of hydrogen-bond acceptors (Lipinski definition) is 4. The van der Waals surface area contributed by atoms with Gasteiger partial charge in [-0.3, -0.25) is 4.79 Å². The van der Waals surface area contributed by atoms with Crippen molar-refractivity contribution in [3.8, 4) is 5.75 Å². The molecule has 28 heavy (non-hydrogen) atoms. The molecule has 0 aliphatic carbocycles. The van der Waals surface area contributed by atoms with Gasteiger partial charge < -0.3 is 18.9 Å². The van der Waals surface area contributed by atoms with Gasteiger partial charge in [0.2, 0.25) is 0 Å². The molecule has 0 unspecified atom stereocenters. The Bertz CT molecular complexity index is 837. The normalized spacial score (nSPS) is 18.1. The van der Waals surface area contributed by atoms with Crippen LogP contribution < -0.4 is 4.74 Å². The molecule has 0 atom stereocenters. The third kappa shape index (κ3) is 3.65. The summed E-state index contributed by atoms with van der Waals surface area (Å²) in [5.41, 5.74) is 2.82. The van der Waals surface area contributed by atoms with E-state index in [0.717, 1.165) is 51.1 Å². The fourth-order valence-corrected chi connectivity index (χ4v) is 4.25. The quantitative estimate of drug-likeness (QED) is 0.744. The van der Waals surface area contributed by atoms with Crippen molar-refractivity contribution in [2.75, 3.05) is 26.3 Å². The second-order valence-electron chi connectivity index (χ2n) is 7.83. The van der Waals surface area contributed by atoms with E-state index < -0.39 is 0 Å². The summed E-state index contributed by atoms with van der Waals surface area (Å²) in [6.07, 6.45) is 8.19. The van der Waals surface area contributed by atoms with E-state index in [1.807, 2.05) is 11.9 Å². The summed E-state index contributed by atoms with van der Waals surface area (Å²) in [5.74, 6) is 0.957. The largest absolute Gasteiger partial charge is 0.494 e. The van der Waals surface area contributed by atoms with Gasteiger partial charge in [0.1, 0.15) is 11.4 Å². The molecule has 150 valence electrons. The molecule has 4 rings (SSSR count). The van der Waals surface area contributed by atoms with Crippen molar-refractivity contribution in [2.45, 2.75) is 44.6 Å². The van der Waals surface area contributed by atoms with Crippen LogP contribution in [0.2, 0.25) is 0 Å². The molecule has 3 heterocycles. The van der Waals surface area contributed by atoms with Crippen molar-refractivity contribution < 1.29 is 14.3 Å². The highest BCUT2D eigenvalue weighted by atomic mass is 16.5. The lowest BCUT2D eigenvalue weighted by Gasteiger charge is -2.45. The fourth-order valence-electron chi connectivity index (χ4n) is 4.25. The molecule has 1 spiro atoms. The zero-order valence-electron chi connectivity index (χ0n) is 16.8. The van der Waals surface area contributed by atoms with E-state index in [1.165, 1.54) is 11.1 Å². The number of likely N-dealkylation sites (tertiary alicyclic amines) is 1. The minimum atomic E-state index is -0.281. The van der Waals surface area contributed by atoms with E-state index in [4.69, 9.17) is 9.47 Å². The lowest BCUT2D eigenvalue weighted by molar-refractivity contribution is -0.0935. The number of fused-ring (bicyclic) bond motifs is 2. The summed E-state index contributed by atoms with van der Waals surface area (Å²) >= 11 is 0. The third-order valence-electron chi connectivity index (χ3n) is 5.87. The zero-order valence-corrected chi connectivity index (χ0v) is 16.8. The van der Waals surface area contributed by atoms with Gasteiger partial charge in [0.25, 0.3) is 5.91 Å². The van der Waals surface area contributed by atoms with Crippen molar-refractivity contribution >= 4 is 5.91 Å². The SMILES string of the molecule is CCCCOc1ccc2c(c1)CCOC21CCN(C(=O)c2cn(C)cn2)CC1. The number of piperidine rings is 1. The summed E-state index contributed by atoms with van der Waals surface area (Å²) in [4.78, 5) is 18.8. The number of carbonyl (C=O) groups is 1. The van der Waals surface area contributed by atoms with Crippen LogP contribution in [0.3, 0.4) is 0 Å². The van der Waals surface area contributed by atoms with Gasteiger partial charge in [0.05, 0.1) is 25.1 Å². The van der Waals surface area contributed by atoms with Crippen LogP contribution in [0, 0.1) is 0 Å². The highest BCUT2D eigenvalue weighted by molar-refractivity contribution is 5.92. The molecule has 1 aromatic carbocycles. The van der Waals surface area contributed by atoms with Gasteiger partial charge in [0, 0.05) is 26.3 Å². The van der Waals surface area contributed by atoms with Gasteiger partial charge in [-0.05, 0) is 48.9 Å². The van der Waals surface area contributed by atoms with Crippen molar-refractivity contribution in [2.24, 2.45) is 7.05 Å². The molecular weight excluding hydrogens is 354 g/mol. The predicted molar refractivity (Wildman–Crippen MR) is 107 cm³/mol. The Morgan fingerprint density at radius 3 is 2.86 bits per heavy atom. The maximum atomic E-state index is 12.7. The van der Waals surface area contributed by atoms with Gasteiger partial charge in [-0.2, -0.15) is 0 Å². The first-order chi connectivity index (χ1) is 13.6. The monoisotopic (exact) mass is 383 g/mol. The highest BCUT2D eigenvalue weighted by Gasteiger charge is 2.42. The summed E-state index contributed by atoms with van der Waals surface area (Å²) in [7, 11) is 1.88. The van der Waals surface area contributed by atoms with Crippen molar-refractivity contribution in [3.63, 3.8) is 0 Å². The molecule has 1 saturated heterocycles. The van der Waals surface area contributed by atoms with Crippen molar-refractivity contribution in [3.05, 3.63) is 47.5 Å². The number of carbonyl (C=O) groups excluding carboxylic acids is 1. The molecule has 0 N–H and O–H groups in total. The van der Waals surface area contributed by atoms with Gasteiger partial charge in [-0.25, -0.2) is 4.98 Å². The van der Waals surface area contributed by atoms with E-state index in [9.17, 15) is 4.79 Å². The number of hydrogen-bond donors (Lipinski definition) is 0. The summed E-state index contributed by atoms with van der Waals surface area (Å²) < 4.78 is 14.0. The smallest absolute Gasteiger partial charge is 0.274 e. The number of ether oxygens (including phenoxy) is 2. The molecule has 1 amide bonds. The topological polar surface area (TPSA) is 56.6 Å². The maximum absolute atomic E-state index is 12.7. The Morgan fingerprint density at radius 2 is 2.14 bits per heavy atom. The highest BCUT2D eigenvalue weighted by Crippen LogP contribution is 2.42. The maximum Gasteiger partial charge on any atom is 0.274 e. The predicted octanol–water partition coefficient (Wildman–Crippen LogP) is 3.30. The van der Waals surface area contributed by atoms with Gasteiger partial charge >= 0.3 is 0 Å². The minimum Gasteiger partial charge on any atom is -0.494 e. The number of amides is 1. The number of rotatable bonds is 5. The summed E-state index contributed by atoms with van der Waals surface area (Å²) in [6.45, 7) is 5.02. The standard InChI is InChI=1S/C22H29N3O3/c1-3-4-12-27-18-5-6-19-17(14-18)7-13-28-22(19)8-10-25(11-9-22)21(26)20-15-24(2)16-23-20/h5-6,14-16H,3-4,7-13H2,1-2H3. The Labute approximate surface area is 166 Å². The average Bonchev–Trinajstić information content (AvgIpc) is 3.15. The molecule has 2 aromatic rings. The number of imidazole rings is 1. The van der Waals surface area contributed by atoms with E-state index in [-0.39, 0.29) is 11.5 Å². The molecular formula is C22H29N3O3. The van der Waals surface area contributed by atoms with E-state index >= 15 is 0 Å². The van der Waals surface area contributed by atoms with Crippen LogP contribution >= 0.6 is 0 Å². The lowest BCUT2D eigenvalue weighted by atomic mass is 9.79. The number of aromatic nitrogens is 2. The van der Waals surface area contributed by atoms with Gasteiger partial charge in [-0.15, -0.1) is 0 Å². The van der Waals surface area contributed by atoms with Gasteiger partial charge in [0.15, 0.2) is 0 Å². The third-order valence-corrected chi connectivity index (χ3v) is 5.87. The zero-order chi connectivity index (χ0) is 19.6. The second-order valence-corrected chi connectivity index (χ2v) is 7.83. The van der Waals surface area contributed by atoms with E-state index in [1.54, 1.807) is 17.1 Å². The molecule has 0 saturated carbocycles. The Hall–Kier alpha value is -2.34. The van der Waals surface area contributed by atoms with Crippen LogP contribution in [0.4, 0.5) is 0 Å². The Kier molecular flexibility index (Phi) is 5.40. The molecule has 2 aliphatic rings. The molecule has 0 radical (unpaired) electrons. The number of aryl methyl sites for hydroxylation is 1. The van der Waals surface area contributed by atoms with E-state index in [0.29, 0.717) is 18.8 Å². The van der Waals surface area contributed by atoms with Crippen LogP contribution in [-0.2, 0) is 23.8 Å². The Morgan fingerprint density at radius 1 is 1.32 bits per heavy atom. The first-order valence-electron chi connectivity index (χ1n) is 10.3. The number of unbranched alkanes of at least 4 members (excludes halogenated alkanes) is 1. The van der Waals surface area contributed by atoms with Crippen molar-refractivity contribution in [1.29, 1.82) is 0 Å². The van der Waals surface area contributed by atoms with Crippen LogP contribution in [0.1, 0.15) is 54.2 Å². The molecule has 6 nitrogen and oxygen atoms in total. The molecule has 2 aliphatic heterocycles. The molecule has 1 aromatic heterocycles. The minimum absolute atomic E-state index is 0.00570. The molecule has 1 fully saturated rings. The number of benzene rings is 1. The molecule has 0 bridgehead atoms. The van der Waals surface area contributed by atoms with Crippen LogP contribution in [0.15, 0.2) is 30.7 Å². The number of nitrogens with zero attached hydrogens (tertiary/aromatic N) is 3. The average molecular weight is 383 g/mol. The summed E-state index contributed by atoms with van der Waals surface area (Å²) in [5, 5.41) is 0. The van der Waals surface area contributed by atoms with Gasteiger partial charge in [-0.1, -0.05) is 19.4 Å². The van der Waals surface area contributed by atoms with Crippen LogP contribution in [-0.4, -0.2) is 46.7 Å². The van der Waals surface area contributed by atoms with Crippen LogP contribution in [0.5, 0.6) is 5.75 Å².